The highest BCUT2D eigenvalue weighted by atomic mass is 16.4. The fraction of sp³-hybridized carbons (Fsp3) is 0.846. The average molecular weight is 258 g/mol. The molecule has 5 nitrogen and oxygen atoms in total. The third-order valence-corrected chi connectivity index (χ3v) is 2.94. The van der Waals surface area contributed by atoms with E-state index >= 15 is 0 Å². The molecule has 0 aliphatic carbocycles. The maximum atomic E-state index is 11.7. The van der Waals surface area contributed by atoms with Gasteiger partial charge in [0.25, 0.3) is 0 Å². The smallest absolute Gasteiger partial charge is 0.326 e. The molecular formula is C13H26N2O3. The highest BCUT2D eigenvalue weighted by molar-refractivity contribution is 5.84. The molecule has 1 amide bonds. The molecule has 0 saturated heterocycles. The molecule has 0 heterocycles. The van der Waals surface area contributed by atoms with Crippen molar-refractivity contribution < 1.29 is 14.7 Å². The molecule has 106 valence electrons. The molecule has 0 aliphatic heterocycles. The summed E-state index contributed by atoms with van der Waals surface area (Å²) < 4.78 is 0. The lowest BCUT2D eigenvalue weighted by atomic mass is 9.86. The van der Waals surface area contributed by atoms with Crippen LogP contribution in [0.2, 0.25) is 0 Å². The van der Waals surface area contributed by atoms with Crippen LogP contribution in [-0.4, -0.2) is 29.6 Å². The molecular weight excluding hydrogens is 232 g/mol. The summed E-state index contributed by atoms with van der Waals surface area (Å²) in [5, 5.41) is 11.7. The quantitative estimate of drug-likeness (QED) is 0.643. The van der Waals surface area contributed by atoms with Crippen molar-refractivity contribution in [3.63, 3.8) is 0 Å². The minimum Gasteiger partial charge on any atom is -0.480 e. The molecule has 0 spiro atoms. The maximum absolute atomic E-state index is 11.7. The molecule has 0 rings (SSSR count). The lowest BCUT2D eigenvalue weighted by Crippen LogP contribution is -2.49. The summed E-state index contributed by atoms with van der Waals surface area (Å²) in [6.45, 7) is 8.04. The molecule has 0 aliphatic rings. The van der Waals surface area contributed by atoms with Crippen molar-refractivity contribution in [2.45, 2.75) is 53.0 Å². The topological polar surface area (TPSA) is 92.4 Å². The van der Waals surface area contributed by atoms with Crippen LogP contribution in [-0.2, 0) is 9.59 Å². The molecule has 1 unspecified atom stereocenters. The number of nitrogens with two attached hydrogens (primary N) is 1. The summed E-state index contributed by atoms with van der Waals surface area (Å²) in [6.07, 6.45) is 1.97. The van der Waals surface area contributed by atoms with Crippen molar-refractivity contribution in [2.75, 3.05) is 6.54 Å². The van der Waals surface area contributed by atoms with Crippen molar-refractivity contribution >= 4 is 11.9 Å². The van der Waals surface area contributed by atoms with E-state index in [1.807, 2.05) is 6.92 Å². The second-order valence-electron chi connectivity index (χ2n) is 5.93. The van der Waals surface area contributed by atoms with Crippen molar-refractivity contribution in [3.8, 4) is 0 Å². The van der Waals surface area contributed by atoms with E-state index < -0.39 is 17.4 Å². The Hall–Kier alpha value is -1.10. The van der Waals surface area contributed by atoms with Gasteiger partial charge in [0.2, 0.25) is 5.91 Å². The van der Waals surface area contributed by atoms with Gasteiger partial charge in [0.15, 0.2) is 0 Å². The van der Waals surface area contributed by atoms with E-state index in [1.54, 1.807) is 20.8 Å². The predicted molar refractivity (Wildman–Crippen MR) is 71.1 cm³/mol. The number of rotatable bonds is 7. The van der Waals surface area contributed by atoms with E-state index in [1.165, 1.54) is 0 Å². The Morgan fingerprint density at radius 3 is 2.22 bits per heavy atom. The standard InChI is InChI=1S/C13H26N2O3/c1-9(7-8-14)5-6-10(16)15-11(12(17)18)13(2,3)4/h9,11H,5-8,14H2,1-4H3,(H,15,16)(H,17,18)/t9?,11-/m1/s1. The van der Waals surface area contributed by atoms with Crippen LogP contribution < -0.4 is 11.1 Å². The Kier molecular flexibility index (Phi) is 6.91. The Morgan fingerprint density at radius 1 is 1.28 bits per heavy atom. The average Bonchev–Trinajstić information content (AvgIpc) is 2.21. The second kappa shape index (κ2) is 7.36. The zero-order chi connectivity index (χ0) is 14.3. The molecule has 0 bridgehead atoms. The van der Waals surface area contributed by atoms with Gasteiger partial charge in [0.05, 0.1) is 0 Å². The molecule has 2 atom stereocenters. The number of carboxylic acids is 1. The molecule has 18 heavy (non-hydrogen) atoms. The Bertz CT molecular complexity index is 284. The van der Waals surface area contributed by atoms with E-state index in [0.717, 1.165) is 12.8 Å². The van der Waals surface area contributed by atoms with Crippen LogP contribution in [0.1, 0.15) is 47.0 Å². The van der Waals surface area contributed by atoms with Crippen LogP contribution in [0, 0.1) is 11.3 Å². The minimum atomic E-state index is -0.995. The zero-order valence-corrected chi connectivity index (χ0v) is 11.8. The van der Waals surface area contributed by atoms with E-state index in [0.29, 0.717) is 18.9 Å². The molecule has 0 fully saturated rings. The van der Waals surface area contributed by atoms with Gasteiger partial charge < -0.3 is 16.2 Å². The van der Waals surface area contributed by atoms with Crippen molar-refractivity contribution in [2.24, 2.45) is 17.1 Å². The van der Waals surface area contributed by atoms with Gasteiger partial charge in [0.1, 0.15) is 6.04 Å². The summed E-state index contributed by atoms with van der Waals surface area (Å²) in [6, 6.07) is -0.852. The van der Waals surface area contributed by atoms with E-state index in [9.17, 15) is 9.59 Å². The number of nitrogens with one attached hydrogen (secondary N) is 1. The third-order valence-electron chi connectivity index (χ3n) is 2.94. The van der Waals surface area contributed by atoms with E-state index in [2.05, 4.69) is 5.32 Å². The van der Waals surface area contributed by atoms with Crippen molar-refractivity contribution in [3.05, 3.63) is 0 Å². The molecule has 0 radical (unpaired) electrons. The lowest BCUT2D eigenvalue weighted by molar-refractivity contribution is -0.145. The van der Waals surface area contributed by atoms with Gasteiger partial charge >= 0.3 is 5.97 Å². The highest BCUT2D eigenvalue weighted by Gasteiger charge is 2.32. The van der Waals surface area contributed by atoms with Crippen LogP contribution in [0.3, 0.4) is 0 Å². The Balaban J connectivity index is 4.24. The van der Waals surface area contributed by atoms with Gasteiger partial charge in [-0.05, 0) is 30.7 Å². The molecule has 4 N–H and O–H groups in total. The number of aliphatic carboxylic acids is 1. The fourth-order valence-electron chi connectivity index (χ4n) is 1.69. The summed E-state index contributed by atoms with van der Waals surface area (Å²) in [5.41, 5.74) is 4.94. The zero-order valence-electron chi connectivity index (χ0n) is 11.8. The van der Waals surface area contributed by atoms with Crippen molar-refractivity contribution in [1.29, 1.82) is 0 Å². The molecule has 5 heteroatoms. The summed E-state index contributed by atoms with van der Waals surface area (Å²) >= 11 is 0. The predicted octanol–water partition coefficient (Wildman–Crippen LogP) is 1.37. The number of carbonyl (C=O) groups is 2. The fourth-order valence-corrected chi connectivity index (χ4v) is 1.69. The highest BCUT2D eigenvalue weighted by Crippen LogP contribution is 2.20. The van der Waals surface area contributed by atoms with Crippen LogP contribution >= 0.6 is 0 Å². The largest absolute Gasteiger partial charge is 0.480 e. The van der Waals surface area contributed by atoms with E-state index in [-0.39, 0.29) is 5.91 Å². The first-order valence-corrected chi connectivity index (χ1v) is 6.40. The Labute approximate surface area is 109 Å². The first-order chi connectivity index (χ1) is 8.18. The van der Waals surface area contributed by atoms with Gasteiger partial charge in [-0.15, -0.1) is 0 Å². The maximum Gasteiger partial charge on any atom is 0.326 e. The summed E-state index contributed by atoms with van der Waals surface area (Å²) in [5.74, 6) is -0.814. The SMILES string of the molecule is CC(CCN)CCC(=O)N[C@H](C(=O)O)C(C)(C)C. The number of carboxylic acid groups (broad SMARTS) is 1. The van der Waals surface area contributed by atoms with E-state index in [4.69, 9.17) is 10.8 Å². The second-order valence-corrected chi connectivity index (χ2v) is 5.93. The molecule has 0 aromatic heterocycles. The monoisotopic (exact) mass is 258 g/mol. The Morgan fingerprint density at radius 2 is 1.83 bits per heavy atom. The normalized spacial score (nSPS) is 14.9. The van der Waals surface area contributed by atoms with Crippen LogP contribution in [0.5, 0.6) is 0 Å². The number of carbonyl (C=O) groups excluding carboxylic acids is 1. The summed E-state index contributed by atoms with van der Waals surface area (Å²) in [4.78, 5) is 22.8. The molecule has 0 aromatic carbocycles. The number of hydrogen-bond acceptors (Lipinski definition) is 3. The van der Waals surface area contributed by atoms with Gasteiger partial charge in [-0.3, -0.25) is 4.79 Å². The first kappa shape index (κ1) is 16.9. The van der Waals surface area contributed by atoms with Gasteiger partial charge in [0, 0.05) is 6.42 Å². The minimum absolute atomic E-state index is 0.207. The lowest BCUT2D eigenvalue weighted by Gasteiger charge is -2.27. The van der Waals surface area contributed by atoms with Gasteiger partial charge in [-0.2, -0.15) is 0 Å². The van der Waals surface area contributed by atoms with Gasteiger partial charge in [-0.1, -0.05) is 27.7 Å². The van der Waals surface area contributed by atoms with Crippen LogP contribution in [0.25, 0.3) is 0 Å². The van der Waals surface area contributed by atoms with Crippen LogP contribution in [0.15, 0.2) is 0 Å². The number of hydrogen-bond donors (Lipinski definition) is 3. The van der Waals surface area contributed by atoms with Crippen LogP contribution in [0.4, 0.5) is 0 Å². The summed E-state index contributed by atoms with van der Waals surface area (Å²) in [7, 11) is 0. The van der Waals surface area contributed by atoms with Gasteiger partial charge in [-0.25, -0.2) is 4.79 Å². The first-order valence-electron chi connectivity index (χ1n) is 6.40. The number of amides is 1. The van der Waals surface area contributed by atoms with Crippen molar-refractivity contribution in [1.82, 2.24) is 5.32 Å². The molecule has 0 aromatic rings. The molecule has 0 saturated carbocycles. The third kappa shape index (κ3) is 6.59.